The number of nitrogens with zero attached hydrogens (tertiary/aromatic N) is 2. The fourth-order valence-electron chi connectivity index (χ4n) is 4.21. The summed E-state index contributed by atoms with van der Waals surface area (Å²) in [5, 5.41) is 0.520. The van der Waals surface area contributed by atoms with Crippen molar-refractivity contribution in [2.24, 2.45) is 4.99 Å². The highest BCUT2D eigenvalue weighted by Crippen LogP contribution is 2.37. The molecule has 2 heterocycles. The zero-order valence-electron chi connectivity index (χ0n) is 21.9. The number of benzene rings is 2. The quantitative estimate of drug-likeness (QED) is 0.331. The van der Waals surface area contributed by atoms with E-state index in [0.717, 1.165) is 4.47 Å². The molecule has 0 spiro atoms. The first kappa shape index (κ1) is 28.1. The molecule has 4 rings (SSSR count). The van der Waals surface area contributed by atoms with Gasteiger partial charge in [0, 0.05) is 20.6 Å². The molecule has 0 fully saturated rings. The summed E-state index contributed by atoms with van der Waals surface area (Å²) in [7, 11) is 1.55. The Kier molecular flexibility index (Phi) is 8.49. The third kappa shape index (κ3) is 5.75. The highest BCUT2D eigenvalue weighted by Gasteiger charge is 2.35. The molecular formula is C28H28BrClN2O5S. The molecule has 10 heteroatoms. The number of fused-ring (bicyclic) bond motifs is 1. The second-order valence-electron chi connectivity index (χ2n) is 9.27. The van der Waals surface area contributed by atoms with Crippen LogP contribution in [-0.2, 0) is 9.53 Å². The number of carbonyl (C=O) groups excluding carboxylic acids is 1. The molecule has 1 aliphatic heterocycles. The minimum Gasteiger partial charge on any atom is -0.496 e. The Hall–Kier alpha value is -2.88. The van der Waals surface area contributed by atoms with E-state index in [2.05, 4.69) is 20.9 Å². The number of thiazole rings is 1. The van der Waals surface area contributed by atoms with Crippen LogP contribution in [0.5, 0.6) is 11.5 Å². The topological polar surface area (TPSA) is 79.1 Å². The third-order valence-corrected chi connectivity index (χ3v) is 7.40. The average molecular weight is 620 g/mol. The fourth-order valence-corrected chi connectivity index (χ4v) is 5.80. The summed E-state index contributed by atoms with van der Waals surface area (Å²) in [6.45, 7) is 9.16. The highest BCUT2D eigenvalue weighted by molar-refractivity contribution is 9.10. The summed E-state index contributed by atoms with van der Waals surface area (Å²) in [6, 6.07) is 9.94. The van der Waals surface area contributed by atoms with Crippen molar-refractivity contribution in [3.8, 4) is 11.5 Å². The van der Waals surface area contributed by atoms with Crippen molar-refractivity contribution in [1.82, 2.24) is 4.57 Å². The number of methoxy groups -OCH3 is 1. The predicted octanol–water partition coefficient (Wildman–Crippen LogP) is 5.40. The van der Waals surface area contributed by atoms with E-state index in [1.807, 2.05) is 26.0 Å². The van der Waals surface area contributed by atoms with Gasteiger partial charge in [-0.1, -0.05) is 38.9 Å². The van der Waals surface area contributed by atoms with Crippen LogP contribution in [0, 0.1) is 0 Å². The Bertz CT molecular complexity index is 1610. The summed E-state index contributed by atoms with van der Waals surface area (Å²) in [6.07, 6.45) is 1.33. The smallest absolute Gasteiger partial charge is 0.338 e. The molecule has 1 aromatic heterocycles. The molecule has 0 amide bonds. The van der Waals surface area contributed by atoms with Crippen LogP contribution in [0.25, 0.3) is 6.08 Å². The normalized spacial score (nSPS) is 15.5. The molecule has 38 heavy (non-hydrogen) atoms. The van der Waals surface area contributed by atoms with E-state index in [0.29, 0.717) is 42.7 Å². The lowest BCUT2D eigenvalue weighted by molar-refractivity contribution is -0.143. The Morgan fingerprint density at radius 2 is 1.84 bits per heavy atom. The largest absolute Gasteiger partial charge is 0.496 e. The number of halogens is 2. The van der Waals surface area contributed by atoms with Crippen molar-refractivity contribution < 1.29 is 19.0 Å². The number of carbonyl (C=O) groups is 1. The Morgan fingerprint density at radius 1 is 1.13 bits per heavy atom. The molecule has 0 saturated heterocycles. The van der Waals surface area contributed by atoms with Gasteiger partial charge in [-0.15, -0.1) is 0 Å². The Balaban J connectivity index is 2.00. The molecule has 1 aliphatic rings. The summed E-state index contributed by atoms with van der Waals surface area (Å²) in [4.78, 5) is 32.4. The van der Waals surface area contributed by atoms with Crippen molar-refractivity contribution in [1.29, 1.82) is 0 Å². The summed E-state index contributed by atoms with van der Waals surface area (Å²) < 4.78 is 19.9. The number of allylic oxidation sites excluding steroid dienone is 1. The van der Waals surface area contributed by atoms with Gasteiger partial charge in [-0.2, -0.15) is 0 Å². The number of hydrogen-bond donors (Lipinski definition) is 0. The lowest BCUT2D eigenvalue weighted by Gasteiger charge is -2.26. The minimum absolute atomic E-state index is 0.0642. The van der Waals surface area contributed by atoms with E-state index in [1.165, 1.54) is 15.9 Å². The second kappa shape index (κ2) is 11.5. The molecule has 0 unspecified atom stereocenters. The second-order valence-corrected chi connectivity index (χ2v) is 11.6. The maximum Gasteiger partial charge on any atom is 0.338 e. The van der Waals surface area contributed by atoms with Gasteiger partial charge in [-0.25, -0.2) is 9.79 Å². The molecule has 200 valence electrons. The average Bonchev–Trinajstić information content (AvgIpc) is 3.13. The van der Waals surface area contributed by atoms with Crippen molar-refractivity contribution >= 4 is 50.9 Å². The first-order chi connectivity index (χ1) is 18.0. The van der Waals surface area contributed by atoms with Crippen LogP contribution in [0.1, 0.15) is 51.8 Å². The van der Waals surface area contributed by atoms with Crippen LogP contribution in [0.4, 0.5) is 0 Å². The molecule has 0 radical (unpaired) electrons. The van der Waals surface area contributed by atoms with Crippen LogP contribution in [0.2, 0.25) is 5.02 Å². The molecule has 0 bridgehead atoms. The Labute approximate surface area is 238 Å². The third-order valence-electron chi connectivity index (χ3n) is 5.69. The summed E-state index contributed by atoms with van der Waals surface area (Å²) in [5.74, 6) is 0.600. The van der Waals surface area contributed by atoms with E-state index in [4.69, 9.17) is 25.8 Å². The first-order valence-corrected chi connectivity index (χ1v) is 14.0. The SMILES string of the molecule is COc1ccc(Br)cc1[C@H]1C(C(=O)OC(C)C)=C(C)N=c2s/c(=C\c3cc(Cl)ccc3OC(C)C)c(=O)n21. The van der Waals surface area contributed by atoms with Gasteiger partial charge in [0.15, 0.2) is 4.80 Å². The van der Waals surface area contributed by atoms with Crippen molar-refractivity contribution in [3.05, 3.63) is 88.0 Å². The summed E-state index contributed by atoms with van der Waals surface area (Å²) >= 11 is 11.0. The molecule has 2 aromatic carbocycles. The number of ether oxygens (including phenoxy) is 3. The van der Waals surface area contributed by atoms with Crippen molar-refractivity contribution in [2.75, 3.05) is 7.11 Å². The van der Waals surface area contributed by atoms with Crippen molar-refractivity contribution in [2.45, 2.75) is 52.9 Å². The predicted molar refractivity (Wildman–Crippen MR) is 153 cm³/mol. The maximum atomic E-state index is 14.0. The van der Waals surface area contributed by atoms with Gasteiger partial charge in [0.1, 0.15) is 17.5 Å². The number of esters is 1. The maximum absolute atomic E-state index is 14.0. The molecule has 0 saturated carbocycles. The molecule has 0 aliphatic carbocycles. The molecule has 7 nitrogen and oxygen atoms in total. The van der Waals surface area contributed by atoms with Gasteiger partial charge in [-0.3, -0.25) is 9.36 Å². The van der Waals surface area contributed by atoms with Crippen LogP contribution in [0.15, 0.2) is 61.9 Å². The molecule has 0 N–H and O–H groups in total. The van der Waals surface area contributed by atoms with E-state index in [1.54, 1.807) is 58.2 Å². The van der Waals surface area contributed by atoms with Crippen molar-refractivity contribution in [3.63, 3.8) is 0 Å². The van der Waals surface area contributed by atoms with Crippen LogP contribution in [-0.4, -0.2) is 29.9 Å². The number of hydrogen-bond acceptors (Lipinski definition) is 7. The minimum atomic E-state index is -0.808. The van der Waals surface area contributed by atoms with E-state index >= 15 is 0 Å². The fraction of sp³-hybridized carbons (Fsp3) is 0.321. The van der Waals surface area contributed by atoms with Gasteiger partial charge in [0.25, 0.3) is 5.56 Å². The van der Waals surface area contributed by atoms with Crippen LogP contribution in [0.3, 0.4) is 0 Å². The number of rotatable bonds is 7. The Morgan fingerprint density at radius 3 is 2.50 bits per heavy atom. The summed E-state index contributed by atoms with van der Waals surface area (Å²) in [5.41, 5.74) is 1.75. The van der Waals surface area contributed by atoms with Gasteiger partial charge in [0.05, 0.1) is 35.1 Å². The van der Waals surface area contributed by atoms with Crippen LogP contribution >= 0.6 is 38.9 Å². The zero-order chi connectivity index (χ0) is 27.7. The van der Waals surface area contributed by atoms with E-state index in [-0.39, 0.29) is 23.3 Å². The monoisotopic (exact) mass is 618 g/mol. The van der Waals surface area contributed by atoms with Gasteiger partial charge >= 0.3 is 5.97 Å². The van der Waals surface area contributed by atoms with E-state index < -0.39 is 12.0 Å². The van der Waals surface area contributed by atoms with Gasteiger partial charge in [0.2, 0.25) is 0 Å². The molecule has 3 aromatic rings. The molecular weight excluding hydrogens is 592 g/mol. The highest BCUT2D eigenvalue weighted by atomic mass is 79.9. The van der Waals surface area contributed by atoms with Gasteiger partial charge in [-0.05, 0) is 77.1 Å². The molecule has 1 atom stereocenters. The first-order valence-electron chi connectivity index (χ1n) is 12.0. The van der Waals surface area contributed by atoms with E-state index in [9.17, 15) is 9.59 Å². The lowest BCUT2D eigenvalue weighted by Crippen LogP contribution is -2.40. The van der Waals surface area contributed by atoms with Crippen LogP contribution < -0.4 is 24.4 Å². The standard InChI is InChI=1S/C28H28BrClN2O5S/c1-14(2)36-21-10-8-19(30)11-17(21)12-23-26(33)32-25(20-13-18(29)7-9-22(20)35-6)24(27(34)37-15(3)4)16(5)31-28(32)38-23/h7-15,25H,1-6H3/b23-12-/t25-/m0/s1. The van der Waals surface area contributed by atoms with Gasteiger partial charge < -0.3 is 14.2 Å². The lowest BCUT2D eigenvalue weighted by atomic mass is 9.95. The number of aromatic nitrogens is 1. The zero-order valence-corrected chi connectivity index (χ0v) is 25.0.